The largest absolute Gasteiger partial charge is 0.339 e. The summed E-state index contributed by atoms with van der Waals surface area (Å²) in [6, 6.07) is 6.12. The molecule has 1 saturated carbocycles. The Morgan fingerprint density at radius 3 is 1.88 bits per heavy atom. The van der Waals surface area contributed by atoms with Gasteiger partial charge in [-0.15, -0.1) is 0 Å². The maximum atomic E-state index is 15.3. The molecule has 0 unspecified atom stereocenters. The van der Waals surface area contributed by atoms with Crippen LogP contribution in [0.5, 0.6) is 0 Å². The van der Waals surface area contributed by atoms with Gasteiger partial charge in [0.2, 0.25) is 0 Å². The zero-order valence-corrected chi connectivity index (χ0v) is 24.3. The van der Waals surface area contributed by atoms with Crippen LogP contribution in [0.3, 0.4) is 0 Å². The topological polar surface area (TPSA) is 38.7 Å². The first-order valence-electron chi connectivity index (χ1n) is 14.9. The van der Waals surface area contributed by atoms with Gasteiger partial charge in [-0.3, -0.25) is 0 Å². The maximum Gasteiger partial charge on any atom is 0.309 e. The van der Waals surface area contributed by atoms with E-state index in [1.54, 1.807) is 0 Å². The molecular formula is C34H36F6O3. The van der Waals surface area contributed by atoms with Crippen LogP contribution in [0.25, 0.3) is 22.3 Å². The van der Waals surface area contributed by atoms with E-state index in [-0.39, 0.29) is 35.3 Å². The van der Waals surface area contributed by atoms with E-state index in [1.165, 1.54) is 50.7 Å². The third-order valence-corrected chi connectivity index (χ3v) is 9.20. The van der Waals surface area contributed by atoms with Crippen molar-refractivity contribution in [3.05, 3.63) is 82.9 Å². The van der Waals surface area contributed by atoms with E-state index in [0.717, 1.165) is 37.0 Å². The lowest BCUT2D eigenvalue weighted by Gasteiger charge is -2.47. The highest BCUT2D eigenvalue weighted by Gasteiger charge is 2.47. The quantitative estimate of drug-likeness (QED) is 0.158. The molecule has 232 valence electrons. The second-order valence-corrected chi connectivity index (χ2v) is 12.3. The lowest BCUT2D eigenvalue weighted by Crippen LogP contribution is -2.50. The lowest BCUT2D eigenvalue weighted by molar-refractivity contribution is -0.419. The number of rotatable bonds is 8. The maximum absolute atomic E-state index is 15.3. The van der Waals surface area contributed by atoms with Crippen molar-refractivity contribution in [2.24, 2.45) is 17.3 Å². The smallest absolute Gasteiger partial charge is 0.309 e. The van der Waals surface area contributed by atoms with Gasteiger partial charge in [-0.25, -0.2) is 26.3 Å². The Morgan fingerprint density at radius 2 is 1.33 bits per heavy atom. The summed E-state index contributed by atoms with van der Waals surface area (Å²) >= 11 is 0. The van der Waals surface area contributed by atoms with E-state index in [2.05, 4.69) is 13.8 Å². The number of ether oxygens (including phenoxy) is 2. The van der Waals surface area contributed by atoms with Crippen LogP contribution in [0.15, 0.2) is 42.5 Å². The minimum Gasteiger partial charge on any atom is -0.339 e. The van der Waals surface area contributed by atoms with E-state index < -0.39 is 52.0 Å². The number of hydrogen-bond donors (Lipinski definition) is 1. The number of benzene rings is 3. The van der Waals surface area contributed by atoms with E-state index >= 15 is 4.39 Å². The first-order chi connectivity index (χ1) is 20.4. The monoisotopic (exact) mass is 606 g/mol. The Kier molecular flexibility index (Phi) is 9.26. The molecule has 0 atom stereocenters. The van der Waals surface area contributed by atoms with Gasteiger partial charge >= 0.3 is 5.97 Å². The van der Waals surface area contributed by atoms with Crippen LogP contribution in [0, 0.1) is 52.2 Å². The van der Waals surface area contributed by atoms with Crippen LogP contribution < -0.4 is 0 Å². The molecular weight excluding hydrogens is 570 g/mol. The van der Waals surface area contributed by atoms with Crippen molar-refractivity contribution < 1.29 is 40.9 Å². The van der Waals surface area contributed by atoms with Crippen LogP contribution in [-0.2, 0) is 15.4 Å². The number of unbranched alkanes of at least 4 members (excludes halogenated alkanes) is 2. The minimum atomic E-state index is -2.19. The van der Waals surface area contributed by atoms with Crippen LogP contribution in [0.2, 0.25) is 0 Å². The van der Waals surface area contributed by atoms with Gasteiger partial charge in [0.05, 0.1) is 18.8 Å². The van der Waals surface area contributed by atoms with Gasteiger partial charge in [-0.2, -0.15) is 0 Å². The highest BCUT2D eigenvalue weighted by molar-refractivity contribution is 5.72. The van der Waals surface area contributed by atoms with Gasteiger partial charge < -0.3 is 14.6 Å². The molecule has 3 aromatic rings. The summed E-state index contributed by atoms with van der Waals surface area (Å²) in [4.78, 5) is 0. The molecule has 0 aromatic heterocycles. The van der Waals surface area contributed by atoms with Crippen molar-refractivity contribution in [3.8, 4) is 22.3 Å². The molecule has 43 heavy (non-hydrogen) atoms. The van der Waals surface area contributed by atoms with E-state index in [4.69, 9.17) is 9.47 Å². The predicted octanol–water partition coefficient (Wildman–Crippen LogP) is 9.40. The van der Waals surface area contributed by atoms with Crippen molar-refractivity contribution in [1.82, 2.24) is 0 Å². The Hall–Kier alpha value is -2.88. The van der Waals surface area contributed by atoms with E-state index in [1.807, 2.05) is 0 Å². The normalized spacial score (nSPS) is 26.1. The molecule has 0 radical (unpaired) electrons. The highest BCUT2D eigenvalue weighted by atomic mass is 19.2. The first kappa shape index (κ1) is 31.5. The van der Waals surface area contributed by atoms with E-state index in [9.17, 15) is 27.1 Å². The van der Waals surface area contributed by atoms with Crippen molar-refractivity contribution in [1.29, 1.82) is 0 Å². The Bertz CT molecular complexity index is 1410. The van der Waals surface area contributed by atoms with Gasteiger partial charge in [0.25, 0.3) is 0 Å². The first-order valence-corrected chi connectivity index (χ1v) is 14.9. The molecule has 3 nitrogen and oxygen atoms in total. The third kappa shape index (κ3) is 6.49. The summed E-state index contributed by atoms with van der Waals surface area (Å²) in [6.07, 6.45) is 9.49. The van der Waals surface area contributed by atoms with Crippen molar-refractivity contribution in [2.75, 3.05) is 13.2 Å². The average Bonchev–Trinajstić information content (AvgIpc) is 2.97. The second-order valence-electron chi connectivity index (χ2n) is 12.3. The van der Waals surface area contributed by atoms with Crippen LogP contribution >= 0.6 is 0 Å². The fourth-order valence-electron chi connectivity index (χ4n) is 6.49. The molecule has 1 N–H and O–H groups in total. The van der Waals surface area contributed by atoms with Gasteiger partial charge in [0.15, 0.2) is 17.5 Å². The van der Waals surface area contributed by atoms with Gasteiger partial charge in [-0.05, 0) is 66.1 Å². The average molecular weight is 607 g/mol. The summed E-state index contributed by atoms with van der Waals surface area (Å²) in [6.45, 7) is 4.74. The summed E-state index contributed by atoms with van der Waals surface area (Å²) in [5, 5.41) is 11.1. The number of halogens is 6. The molecule has 1 aliphatic heterocycles. The van der Waals surface area contributed by atoms with Crippen LogP contribution in [0.4, 0.5) is 26.3 Å². The molecule has 0 spiro atoms. The van der Waals surface area contributed by atoms with Gasteiger partial charge in [0.1, 0.15) is 17.5 Å². The zero-order chi connectivity index (χ0) is 30.9. The molecule has 9 heteroatoms. The molecule has 1 aliphatic carbocycles. The van der Waals surface area contributed by atoms with Crippen LogP contribution in [-0.4, -0.2) is 18.3 Å². The summed E-state index contributed by atoms with van der Waals surface area (Å²) in [7, 11) is 0. The predicted molar refractivity (Wildman–Crippen MR) is 151 cm³/mol. The summed E-state index contributed by atoms with van der Waals surface area (Å²) < 4.78 is 97.4. The standard InChI is InChI=1S/C34H36F6O3/c1-3-4-5-6-20-7-9-23(10-8-20)33(2)18-42-34(41,43-19-33)24-11-12-25(26(35)17-24)21-13-27(36)31(28(37)14-21)22-15-29(38)32(40)30(39)16-22/h11-17,20,23,41H,3-10,18-19H2,1-2H3. The Balaban J connectivity index is 1.28. The Morgan fingerprint density at radius 1 is 0.744 bits per heavy atom. The van der Waals surface area contributed by atoms with Gasteiger partial charge in [-0.1, -0.05) is 64.5 Å². The molecule has 0 amide bonds. The molecule has 3 aromatic carbocycles. The molecule has 2 aliphatic rings. The molecule has 1 saturated heterocycles. The highest BCUT2D eigenvalue weighted by Crippen LogP contribution is 2.46. The van der Waals surface area contributed by atoms with E-state index in [0.29, 0.717) is 18.1 Å². The molecule has 5 rings (SSSR count). The number of aliphatic hydroxyl groups is 1. The zero-order valence-electron chi connectivity index (χ0n) is 24.3. The fourth-order valence-corrected chi connectivity index (χ4v) is 6.49. The number of hydrogen-bond acceptors (Lipinski definition) is 3. The Labute approximate surface area is 247 Å². The molecule has 0 bridgehead atoms. The van der Waals surface area contributed by atoms with Crippen molar-refractivity contribution in [2.45, 2.75) is 71.2 Å². The van der Waals surface area contributed by atoms with Crippen molar-refractivity contribution >= 4 is 0 Å². The lowest BCUT2D eigenvalue weighted by atomic mass is 9.67. The third-order valence-electron chi connectivity index (χ3n) is 9.20. The molecule has 2 fully saturated rings. The minimum absolute atomic E-state index is 0.00902. The fraction of sp³-hybridized carbons (Fsp3) is 0.471. The van der Waals surface area contributed by atoms with Gasteiger partial charge in [0, 0.05) is 16.5 Å². The van der Waals surface area contributed by atoms with Crippen molar-refractivity contribution in [3.63, 3.8) is 0 Å². The second kappa shape index (κ2) is 12.6. The van der Waals surface area contributed by atoms with Crippen LogP contribution in [0.1, 0.15) is 70.8 Å². The SMILES string of the molecule is CCCCCC1CCC(C2(C)COC(O)(c3ccc(-c4cc(F)c(-c5cc(F)c(F)c(F)c5)c(F)c4)c(F)c3)OC2)CC1. The summed E-state index contributed by atoms with van der Waals surface area (Å²) in [5.74, 6) is -9.37. The molecule has 1 heterocycles. The summed E-state index contributed by atoms with van der Waals surface area (Å²) in [5.41, 5.74) is -2.03.